The summed E-state index contributed by atoms with van der Waals surface area (Å²) in [5.74, 6) is 0. The van der Waals surface area contributed by atoms with Crippen LogP contribution >= 0.6 is 12.2 Å². The van der Waals surface area contributed by atoms with Crippen LogP contribution in [-0.4, -0.2) is 21.0 Å². The summed E-state index contributed by atoms with van der Waals surface area (Å²) in [7, 11) is 0. The molecule has 0 unspecified atom stereocenters. The van der Waals surface area contributed by atoms with E-state index in [1.807, 2.05) is 13.8 Å². The number of thiocarbonyl (C=S) groups is 1. The fraction of sp³-hybridized carbons (Fsp3) is 0.286. The van der Waals surface area contributed by atoms with E-state index in [0.29, 0.717) is 0 Å². The van der Waals surface area contributed by atoms with Crippen LogP contribution in [0.25, 0.3) is 0 Å². The molecule has 70 valence electrons. The van der Waals surface area contributed by atoms with E-state index >= 15 is 0 Å². The first-order valence-electron chi connectivity index (χ1n) is 3.71. The Morgan fingerprint density at radius 1 is 1.77 bits per heavy atom. The van der Waals surface area contributed by atoms with Crippen molar-refractivity contribution in [2.24, 2.45) is 10.8 Å². The summed E-state index contributed by atoms with van der Waals surface area (Å²) in [6.45, 7) is 3.77. The van der Waals surface area contributed by atoms with Crippen LogP contribution in [-0.2, 0) is 0 Å². The third-order valence-electron chi connectivity index (χ3n) is 1.55. The highest BCUT2D eigenvalue weighted by Gasteiger charge is 2.02. The van der Waals surface area contributed by atoms with Crippen LogP contribution in [0.1, 0.15) is 18.2 Å². The lowest BCUT2D eigenvalue weighted by atomic mass is 10.2. The number of nitrogens with two attached hydrogens (primary N) is 1. The number of rotatable bonds is 2. The summed E-state index contributed by atoms with van der Waals surface area (Å²) in [6, 6.07) is 0. The molecular weight excluding hydrogens is 186 g/mol. The number of nitrogens with one attached hydrogen (secondary N) is 2. The highest BCUT2D eigenvalue weighted by atomic mass is 32.1. The Kier molecular flexibility index (Phi) is 2.97. The fourth-order valence-electron chi connectivity index (χ4n) is 0.915. The molecule has 0 spiro atoms. The van der Waals surface area contributed by atoms with Crippen molar-refractivity contribution in [1.29, 1.82) is 0 Å². The normalized spacial score (nSPS) is 11.4. The van der Waals surface area contributed by atoms with Crippen molar-refractivity contribution < 1.29 is 0 Å². The van der Waals surface area contributed by atoms with E-state index in [4.69, 9.17) is 5.73 Å². The molecule has 0 bridgehead atoms. The van der Waals surface area contributed by atoms with E-state index in [-0.39, 0.29) is 5.11 Å². The Labute approximate surface area is 81.4 Å². The number of aryl methyl sites for hydroxylation is 1. The Morgan fingerprint density at radius 2 is 2.46 bits per heavy atom. The van der Waals surface area contributed by atoms with Gasteiger partial charge in [0.05, 0.1) is 11.9 Å². The molecule has 13 heavy (non-hydrogen) atoms. The number of H-pyrrole nitrogens is 1. The second-order valence-corrected chi connectivity index (χ2v) is 3.02. The van der Waals surface area contributed by atoms with Crippen LogP contribution in [0.4, 0.5) is 0 Å². The van der Waals surface area contributed by atoms with Gasteiger partial charge in [-0.2, -0.15) is 10.2 Å². The Morgan fingerprint density at radius 3 is 2.92 bits per heavy atom. The van der Waals surface area contributed by atoms with Gasteiger partial charge in [-0.15, -0.1) is 0 Å². The van der Waals surface area contributed by atoms with Crippen molar-refractivity contribution in [3.05, 3.63) is 17.5 Å². The summed E-state index contributed by atoms with van der Waals surface area (Å²) in [6.07, 6.45) is 1.70. The smallest absolute Gasteiger partial charge is 0.184 e. The molecular formula is C7H11N5S. The molecule has 0 amide bonds. The van der Waals surface area contributed by atoms with E-state index in [2.05, 4.69) is 32.9 Å². The molecule has 6 heteroatoms. The van der Waals surface area contributed by atoms with E-state index in [1.54, 1.807) is 6.20 Å². The topological polar surface area (TPSA) is 79.1 Å². The maximum Gasteiger partial charge on any atom is 0.184 e. The molecule has 1 aromatic heterocycles. The summed E-state index contributed by atoms with van der Waals surface area (Å²) in [5.41, 5.74) is 10.4. The van der Waals surface area contributed by atoms with Crippen molar-refractivity contribution in [3.8, 4) is 0 Å². The molecule has 1 heterocycles. The highest BCUT2D eigenvalue weighted by molar-refractivity contribution is 7.80. The lowest BCUT2D eigenvalue weighted by molar-refractivity contribution is 1.03. The summed E-state index contributed by atoms with van der Waals surface area (Å²) >= 11 is 4.61. The van der Waals surface area contributed by atoms with Gasteiger partial charge in [0.2, 0.25) is 0 Å². The number of hydrogen-bond acceptors (Lipinski definition) is 3. The van der Waals surface area contributed by atoms with Crippen molar-refractivity contribution >= 4 is 23.0 Å². The van der Waals surface area contributed by atoms with E-state index in [0.717, 1.165) is 17.0 Å². The number of hydrogen-bond donors (Lipinski definition) is 3. The molecule has 0 saturated heterocycles. The number of nitrogens with zero attached hydrogens (tertiary/aromatic N) is 2. The first-order valence-corrected chi connectivity index (χ1v) is 4.12. The summed E-state index contributed by atoms with van der Waals surface area (Å²) < 4.78 is 0. The van der Waals surface area contributed by atoms with E-state index in [1.165, 1.54) is 0 Å². The lowest BCUT2D eigenvalue weighted by Crippen LogP contribution is -2.25. The van der Waals surface area contributed by atoms with Gasteiger partial charge >= 0.3 is 0 Å². The van der Waals surface area contributed by atoms with Crippen LogP contribution < -0.4 is 11.2 Å². The average Bonchev–Trinajstić information content (AvgIpc) is 2.47. The molecule has 0 atom stereocenters. The lowest BCUT2D eigenvalue weighted by Gasteiger charge is -1.99. The van der Waals surface area contributed by atoms with Crippen molar-refractivity contribution in [2.45, 2.75) is 13.8 Å². The molecule has 0 radical (unpaired) electrons. The van der Waals surface area contributed by atoms with Crippen LogP contribution in [0.5, 0.6) is 0 Å². The minimum atomic E-state index is 0.153. The maximum atomic E-state index is 5.22. The maximum absolute atomic E-state index is 5.22. The minimum absolute atomic E-state index is 0.153. The zero-order valence-corrected chi connectivity index (χ0v) is 8.27. The van der Waals surface area contributed by atoms with Gasteiger partial charge < -0.3 is 5.73 Å². The molecule has 0 aliphatic rings. The average molecular weight is 197 g/mol. The molecule has 0 saturated carbocycles. The second-order valence-electron chi connectivity index (χ2n) is 2.58. The second kappa shape index (κ2) is 3.99. The molecule has 0 fully saturated rings. The first-order chi connectivity index (χ1) is 6.11. The minimum Gasteiger partial charge on any atom is -0.375 e. The van der Waals surface area contributed by atoms with Crippen molar-refractivity contribution in [3.63, 3.8) is 0 Å². The van der Waals surface area contributed by atoms with Gasteiger partial charge in [-0.05, 0) is 26.1 Å². The molecule has 4 N–H and O–H groups in total. The van der Waals surface area contributed by atoms with Gasteiger partial charge in [0, 0.05) is 11.3 Å². The molecule has 1 rings (SSSR count). The predicted octanol–water partition coefficient (Wildman–Crippen LogP) is 0.275. The molecule has 0 aromatic carbocycles. The Balaban J connectivity index is 2.78. The summed E-state index contributed by atoms with van der Waals surface area (Å²) in [5, 5.41) is 10.8. The van der Waals surface area contributed by atoms with Crippen molar-refractivity contribution in [1.82, 2.24) is 15.6 Å². The highest BCUT2D eigenvalue weighted by Crippen LogP contribution is 2.03. The van der Waals surface area contributed by atoms with Gasteiger partial charge in [-0.25, -0.2) is 0 Å². The molecule has 1 aromatic rings. The Hall–Kier alpha value is -1.43. The van der Waals surface area contributed by atoms with Gasteiger partial charge in [0.15, 0.2) is 5.11 Å². The van der Waals surface area contributed by atoms with Crippen LogP contribution in [0.15, 0.2) is 11.3 Å². The van der Waals surface area contributed by atoms with Crippen molar-refractivity contribution in [2.75, 3.05) is 0 Å². The zero-order chi connectivity index (χ0) is 9.84. The molecule has 0 aliphatic heterocycles. The molecule has 5 nitrogen and oxygen atoms in total. The first kappa shape index (κ1) is 9.66. The molecule has 0 aliphatic carbocycles. The fourth-order valence-corrected chi connectivity index (χ4v) is 0.960. The van der Waals surface area contributed by atoms with Gasteiger partial charge in [-0.1, -0.05) is 0 Å². The monoisotopic (exact) mass is 197 g/mol. The van der Waals surface area contributed by atoms with E-state index in [9.17, 15) is 0 Å². The van der Waals surface area contributed by atoms with Crippen LogP contribution in [0, 0.1) is 6.92 Å². The van der Waals surface area contributed by atoms with Crippen LogP contribution in [0.3, 0.4) is 0 Å². The van der Waals surface area contributed by atoms with Gasteiger partial charge in [-0.3, -0.25) is 10.5 Å². The van der Waals surface area contributed by atoms with Crippen LogP contribution in [0.2, 0.25) is 0 Å². The number of hydrazone groups is 1. The standard InChI is InChI=1S/C7H11N5S/c1-4-6(3-9-10-4)5(2)11-12-7(8)13/h3H,1-2H3,(H,9,10)(H3,8,12,13). The number of aromatic nitrogens is 2. The SMILES string of the molecule is CC(=NNC(N)=S)c1cn[nH]c1C. The Bertz CT molecular complexity index is 340. The van der Waals surface area contributed by atoms with Gasteiger partial charge in [0.1, 0.15) is 0 Å². The third-order valence-corrected chi connectivity index (χ3v) is 1.64. The number of aromatic amines is 1. The third kappa shape index (κ3) is 2.51. The largest absolute Gasteiger partial charge is 0.375 e. The van der Waals surface area contributed by atoms with Gasteiger partial charge in [0.25, 0.3) is 0 Å². The zero-order valence-electron chi connectivity index (χ0n) is 7.46. The quantitative estimate of drug-likeness (QED) is 0.361. The predicted molar refractivity (Wildman–Crippen MR) is 55.5 cm³/mol. The summed E-state index contributed by atoms with van der Waals surface area (Å²) in [4.78, 5) is 0. The van der Waals surface area contributed by atoms with E-state index < -0.39 is 0 Å².